The lowest BCUT2D eigenvalue weighted by atomic mass is 10.2. The zero-order chi connectivity index (χ0) is 15.4. The van der Waals surface area contributed by atoms with Gasteiger partial charge in [0.1, 0.15) is 10.8 Å². The van der Waals surface area contributed by atoms with Gasteiger partial charge in [-0.15, -0.1) is 10.2 Å². The van der Waals surface area contributed by atoms with Gasteiger partial charge in [0.15, 0.2) is 0 Å². The standard InChI is InChI=1S/C13H18N4O3S/c1-4-11-14-15-13(21-11)17(6-5-12(18)19)7-10-8(2)16-20-9(10)3/h4-7H2,1-3H3,(H,18,19). The highest BCUT2D eigenvalue weighted by molar-refractivity contribution is 7.15. The first-order chi connectivity index (χ1) is 10.0. The quantitative estimate of drug-likeness (QED) is 0.837. The third-order valence-electron chi connectivity index (χ3n) is 3.15. The van der Waals surface area contributed by atoms with Crippen LogP contribution in [0.25, 0.3) is 0 Å². The van der Waals surface area contributed by atoms with Gasteiger partial charge >= 0.3 is 5.97 Å². The number of carboxylic acids is 1. The fraction of sp³-hybridized carbons (Fsp3) is 0.538. The van der Waals surface area contributed by atoms with E-state index in [4.69, 9.17) is 9.63 Å². The van der Waals surface area contributed by atoms with Gasteiger partial charge in [0.25, 0.3) is 0 Å². The largest absolute Gasteiger partial charge is 0.481 e. The van der Waals surface area contributed by atoms with Gasteiger partial charge in [-0.05, 0) is 20.3 Å². The molecule has 0 fully saturated rings. The molecule has 0 aliphatic carbocycles. The number of carbonyl (C=O) groups is 1. The molecule has 1 N–H and O–H groups in total. The number of aromatic nitrogens is 3. The molecule has 0 unspecified atom stereocenters. The summed E-state index contributed by atoms with van der Waals surface area (Å²) in [6.45, 7) is 6.63. The number of rotatable bonds is 7. The van der Waals surface area contributed by atoms with Gasteiger partial charge in [-0.1, -0.05) is 23.4 Å². The van der Waals surface area contributed by atoms with Crippen LogP contribution in [-0.4, -0.2) is 33.0 Å². The second-order valence-electron chi connectivity index (χ2n) is 4.70. The molecule has 2 aromatic heterocycles. The molecule has 0 bridgehead atoms. The first-order valence-electron chi connectivity index (χ1n) is 6.72. The van der Waals surface area contributed by atoms with Crippen LogP contribution in [0.1, 0.15) is 35.4 Å². The highest BCUT2D eigenvalue weighted by atomic mass is 32.1. The minimum atomic E-state index is -0.834. The third-order valence-corrected chi connectivity index (χ3v) is 4.28. The Bertz CT molecular complexity index is 603. The van der Waals surface area contributed by atoms with E-state index in [0.717, 1.165) is 33.6 Å². The summed E-state index contributed by atoms with van der Waals surface area (Å²) >= 11 is 1.49. The maximum atomic E-state index is 10.8. The van der Waals surface area contributed by atoms with Crippen molar-refractivity contribution in [2.24, 2.45) is 0 Å². The molecule has 0 aromatic carbocycles. The van der Waals surface area contributed by atoms with E-state index in [9.17, 15) is 4.79 Å². The third kappa shape index (κ3) is 3.78. The number of hydrogen-bond acceptors (Lipinski definition) is 7. The Labute approximate surface area is 126 Å². The topological polar surface area (TPSA) is 92.4 Å². The van der Waals surface area contributed by atoms with Crippen LogP contribution in [0.15, 0.2) is 4.52 Å². The van der Waals surface area contributed by atoms with Crippen molar-refractivity contribution in [1.29, 1.82) is 0 Å². The van der Waals surface area contributed by atoms with Crippen molar-refractivity contribution in [2.75, 3.05) is 11.4 Å². The molecule has 0 atom stereocenters. The zero-order valence-corrected chi connectivity index (χ0v) is 13.1. The molecular formula is C13H18N4O3S. The minimum absolute atomic E-state index is 0.0460. The number of aliphatic carboxylic acids is 1. The Morgan fingerprint density at radius 3 is 2.67 bits per heavy atom. The predicted octanol–water partition coefficient (Wildman–Crippen LogP) is 2.19. The fourth-order valence-electron chi connectivity index (χ4n) is 1.91. The summed E-state index contributed by atoms with van der Waals surface area (Å²) in [5.41, 5.74) is 1.78. The van der Waals surface area contributed by atoms with E-state index in [2.05, 4.69) is 15.4 Å². The summed E-state index contributed by atoms with van der Waals surface area (Å²) in [6, 6.07) is 0. The summed E-state index contributed by atoms with van der Waals surface area (Å²) in [5.74, 6) is -0.0907. The Balaban J connectivity index is 2.21. The normalized spacial score (nSPS) is 10.8. The number of nitrogens with zero attached hydrogens (tertiary/aromatic N) is 4. The molecule has 8 heteroatoms. The molecule has 0 spiro atoms. The SMILES string of the molecule is CCc1nnc(N(CCC(=O)O)Cc2c(C)noc2C)s1. The molecule has 0 saturated carbocycles. The van der Waals surface area contributed by atoms with Crippen molar-refractivity contribution in [3.63, 3.8) is 0 Å². The van der Waals surface area contributed by atoms with Crippen molar-refractivity contribution >= 4 is 22.4 Å². The molecule has 2 aromatic rings. The summed E-state index contributed by atoms with van der Waals surface area (Å²) in [7, 11) is 0. The summed E-state index contributed by atoms with van der Waals surface area (Å²) in [4.78, 5) is 12.8. The summed E-state index contributed by atoms with van der Waals surface area (Å²) in [6.07, 6.45) is 0.861. The van der Waals surface area contributed by atoms with Gasteiger partial charge < -0.3 is 14.5 Å². The summed E-state index contributed by atoms with van der Waals surface area (Å²) < 4.78 is 5.16. The van der Waals surface area contributed by atoms with Crippen LogP contribution in [0, 0.1) is 13.8 Å². The maximum absolute atomic E-state index is 10.8. The molecule has 0 radical (unpaired) electrons. The first-order valence-corrected chi connectivity index (χ1v) is 7.53. The van der Waals surface area contributed by atoms with E-state index in [0.29, 0.717) is 13.1 Å². The van der Waals surface area contributed by atoms with Crippen molar-refractivity contribution < 1.29 is 14.4 Å². The molecule has 0 aliphatic heterocycles. The smallest absolute Gasteiger partial charge is 0.305 e. The molecule has 0 saturated heterocycles. The van der Waals surface area contributed by atoms with Crippen LogP contribution in [0.5, 0.6) is 0 Å². The minimum Gasteiger partial charge on any atom is -0.481 e. The van der Waals surface area contributed by atoms with Crippen LogP contribution in [-0.2, 0) is 17.8 Å². The molecule has 2 heterocycles. The number of aryl methyl sites for hydroxylation is 3. The predicted molar refractivity (Wildman–Crippen MR) is 78.6 cm³/mol. The second-order valence-corrected chi connectivity index (χ2v) is 5.74. The van der Waals surface area contributed by atoms with Crippen LogP contribution >= 0.6 is 11.3 Å². The van der Waals surface area contributed by atoms with Crippen LogP contribution in [0.4, 0.5) is 5.13 Å². The van der Waals surface area contributed by atoms with Gasteiger partial charge in [-0.2, -0.15) is 0 Å². The van der Waals surface area contributed by atoms with E-state index in [1.165, 1.54) is 11.3 Å². The van der Waals surface area contributed by atoms with Crippen LogP contribution in [0.2, 0.25) is 0 Å². The van der Waals surface area contributed by atoms with Gasteiger partial charge in [-0.3, -0.25) is 4.79 Å². The molecule has 0 aliphatic rings. The van der Waals surface area contributed by atoms with E-state index < -0.39 is 5.97 Å². The van der Waals surface area contributed by atoms with Crippen LogP contribution < -0.4 is 4.90 Å². The number of anilines is 1. The lowest BCUT2D eigenvalue weighted by Crippen LogP contribution is -2.26. The van der Waals surface area contributed by atoms with Gasteiger partial charge in [0.05, 0.1) is 18.7 Å². The van der Waals surface area contributed by atoms with Crippen molar-refractivity contribution in [2.45, 2.75) is 40.2 Å². The van der Waals surface area contributed by atoms with E-state index in [1.54, 1.807) is 0 Å². The summed E-state index contributed by atoms with van der Waals surface area (Å²) in [5, 5.41) is 22.8. The average Bonchev–Trinajstić information content (AvgIpc) is 3.03. The first kappa shape index (κ1) is 15.4. The number of hydrogen-bond donors (Lipinski definition) is 1. The average molecular weight is 310 g/mol. The molecule has 114 valence electrons. The highest BCUT2D eigenvalue weighted by Gasteiger charge is 2.18. The molecule has 7 nitrogen and oxygen atoms in total. The van der Waals surface area contributed by atoms with Crippen molar-refractivity contribution in [3.8, 4) is 0 Å². The lowest BCUT2D eigenvalue weighted by molar-refractivity contribution is -0.136. The second kappa shape index (κ2) is 6.66. The Hall–Kier alpha value is -1.96. The van der Waals surface area contributed by atoms with Crippen LogP contribution in [0.3, 0.4) is 0 Å². The lowest BCUT2D eigenvalue weighted by Gasteiger charge is -2.20. The highest BCUT2D eigenvalue weighted by Crippen LogP contribution is 2.24. The van der Waals surface area contributed by atoms with Gasteiger partial charge in [-0.25, -0.2) is 0 Å². The number of carboxylic acid groups (broad SMARTS) is 1. The molecule has 21 heavy (non-hydrogen) atoms. The maximum Gasteiger partial charge on any atom is 0.305 e. The Kier molecular flexibility index (Phi) is 4.89. The fourth-order valence-corrected chi connectivity index (χ4v) is 2.71. The van der Waals surface area contributed by atoms with Crippen molar-refractivity contribution in [3.05, 3.63) is 22.0 Å². The Morgan fingerprint density at radius 2 is 2.14 bits per heavy atom. The van der Waals surface area contributed by atoms with Gasteiger partial charge in [0.2, 0.25) is 5.13 Å². The van der Waals surface area contributed by atoms with Crippen molar-refractivity contribution in [1.82, 2.24) is 15.4 Å². The molecular weight excluding hydrogens is 292 g/mol. The van der Waals surface area contributed by atoms with E-state index in [1.807, 2.05) is 25.7 Å². The van der Waals surface area contributed by atoms with Gasteiger partial charge in [0, 0.05) is 12.1 Å². The molecule has 0 amide bonds. The van der Waals surface area contributed by atoms with E-state index in [-0.39, 0.29) is 6.42 Å². The zero-order valence-electron chi connectivity index (χ0n) is 12.3. The monoisotopic (exact) mass is 310 g/mol. The van der Waals surface area contributed by atoms with E-state index >= 15 is 0 Å². The molecule has 2 rings (SSSR count). The Morgan fingerprint density at radius 1 is 1.38 bits per heavy atom.